The molecular weight excluding hydrogens is 477 g/mol. The number of benzene rings is 1. The van der Waals surface area contributed by atoms with E-state index in [-0.39, 0.29) is 24.8 Å². The van der Waals surface area contributed by atoms with Gasteiger partial charge < -0.3 is 15.0 Å². The molecule has 1 aromatic carbocycles. The van der Waals surface area contributed by atoms with E-state index in [1.807, 2.05) is 12.1 Å². The van der Waals surface area contributed by atoms with Gasteiger partial charge in [-0.15, -0.1) is 10.2 Å². The number of piperidine rings is 1. The van der Waals surface area contributed by atoms with Gasteiger partial charge in [0.1, 0.15) is 17.7 Å². The lowest BCUT2D eigenvalue weighted by Gasteiger charge is -2.38. The van der Waals surface area contributed by atoms with Gasteiger partial charge in [-0.25, -0.2) is 22.4 Å². The van der Waals surface area contributed by atoms with Crippen LogP contribution in [-0.4, -0.2) is 79.2 Å². The third-order valence-electron chi connectivity index (χ3n) is 6.29. The average Bonchev–Trinajstić information content (AvgIpc) is 3.51. The molecule has 1 aliphatic rings. The molecule has 1 N–H and O–H groups in total. The number of rotatable bonds is 6. The van der Waals surface area contributed by atoms with Crippen LogP contribution >= 0.6 is 0 Å². The maximum Gasteiger partial charge on any atom is 0.285 e. The Bertz CT molecular complexity index is 1540. The molecule has 1 aliphatic heterocycles. The van der Waals surface area contributed by atoms with Crippen molar-refractivity contribution >= 4 is 28.4 Å². The molecule has 190 valence electrons. The highest BCUT2D eigenvalue weighted by atomic mass is 19.3. The molecular formula is C23H25F3N8O2. The second kappa shape index (κ2) is 8.95. The molecule has 3 aromatic heterocycles. The largest absolute Gasteiger partial charge is 0.479 e. The van der Waals surface area contributed by atoms with Crippen molar-refractivity contribution in [3.63, 3.8) is 0 Å². The van der Waals surface area contributed by atoms with E-state index in [9.17, 15) is 18.0 Å². The van der Waals surface area contributed by atoms with E-state index in [0.717, 1.165) is 5.56 Å². The predicted octanol–water partition coefficient (Wildman–Crippen LogP) is 3.35. The van der Waals surface area contributed by atoms with Crippen LogP contribution in [0.4, 0.5) is 19.1 Å². The number of carbonyl (C=O) groups is 1. The molecule has 36 heavy (non-hydrogen) atoms. The standard InChI is InChI=1S/C23H25F3N8O2/c1-13(11-24)34-18-10-15(4-5-17(18)29-31-34)16-6-9-33-20(16)21(36-3)28-22(30-33)27-19-7-8-32(14(2)35)12-23(19,25)26/h4-6,9-10,13,19H,7-8,11-12H2,1-3H3,(H,27,30)/t13-,19-/m1/s1/i2D3. The van der Waals surface area contributed by atoms with E-state index >= 15 is 0 Å². The minimum atomic E-state index is -3.43. The highest BCUT2D eigenvalue weighted by molar-refractivity contribution is 5.89. The summed E-state index contributed by atoms with van der Waals surface area (Å²) in [5.74, 6) is -4.75. The molecule has 0 saturated carbocycles. The number of hydrogen-bond acceptors (Lipinski definition) is 7. The fourth-order valence-corrected chi connectivity index (χ4v) is 4.37. The molecule has 2 atom stereocenters. The summed E-state index contributed by atoms with van der Waals surface area (Å²) in [6.45, 7) is -3.10. The first-order chi connectivity index (χ1) is 18.4. The number of methoxy groups -OCH3 is 1. The van der Waals surface area contributed by atoms with Crippen LogP contribution in [-0.2, 0) is 4.79 Å². The Kier molecular flexibility index (Phi) is 5.05. The molecule has 1 amide bonds. The molecule has 0 radical (unpaired) electrons. The van der Waals surface area contributed by atoms with Crippen LogP contribution in [0.25, 0.3) is 27.7 Å². The number of nitrogens with one attached hydrogen (secondary N) is 1. The van der Waals surface area contributed by atoms with Crippen LogP contribution in [0, 0.1) is 0 Å². The Hall–Kier alpha value is -3.90. The fraction of sp³-hybridized carbons (Fsp3) is 0.435. The van der Waals surface area contributed by atoms with Gasteiger partial charge in [0.2, 0.25) is 17.7 Å². The van der Waals surface area contributed by atoms with Crippen LogP contribution < -0.4 is 10.1 Å². The maximum atomic E-state index is 14.9. The normalized spacial score (nSPS) is 20.1. The summed E-state index contributed by atoms with van der Waals surface area (Å²) < 4.78 is 73.2. The quantitative estimate of drug-likeness (QED) is 0.429. The summed E-state index contributed by atoms with van der Waals surface area (Å²) in [7, 11) is 1.39. The van der Waals surface area contributed by atoms with Crippen molar-refractivity contribution in [1.82, 2.24) is 34.5 Å². The summed E-state index contributed by atoms with van der Waals surface area (Å²) in [4.78, 5) is 16.9. The Balaban J connectivity index is 1.44. The first-order valence-electron chi connectivity index (χ1n) is 12.7. The summed E-state index contributed by atoms with van der Waals surface area (Å²) in [6, 6.07) is 5.21. The van der Waals surface area contributed by atoms with Gasteiger partial charge in [-0.05, 0) is 37.1 Å². The van der Waals surface area contributed by atoms with E-state index < -0.39 is 44.0 Å². The lowest BCUT2D eigenvalue weighted by atomic mass is 10.0. The van der Waals surface area contributed by atoms with Crippen LogP contribution in [0.1, 0.15) is 30.4 Å². The smallest absolute Gasteiger partial charge is 0.285 e. The van der Waals surface area contributed by atoms with Crippen molar-refractivity contribution < 1.29 is 26.8 Å². The zero-order chi connectivity index (χ0) is 28.1. The number of anilines is 1. The van der Waals surface area contributed by atoms with Gasteiger partial charge >= 0.3 is 0 Å². The van der Waals surface area contributed by atoms with Gasteiger partial charge in [0.25, 0.3) is 5.92 Å². The summed E-state index contributed by atoms with van der Waals surface area (Å²) >= 11 is 0. The van der Waals surface area contributed by atoms with Crippen molar-refractivity contribution in [2.45, 2.75) is 38.2 Å². The molecule has 0 unspecified atom stereocenters. The number of likely N-dealkylation sites (tertiary alicyclic amines) is 1. The minimum absolute atomic E-state index is 0.120. The van der Waals surface area contributed by atoms with E-state index in [1.165, 1.54) is 16.3 Å². The summed E-state index contributed by atoms with van der Waals surface area (Å²) in [5.41, 5.74) is 3.14. The Morgan fingerprint density at radius 2 is 2.22 bits per heavy atom. The number of hydrogen-bond donors (Lipinski definition) is 1. The number of nitrogens with zero attached hydrogens (tertiary/aromatic N) is 7. The minimum Gasteiger partial charge on any atom is -0.479 e. The van der Waals surface area contributed by atoms with E-state index in [0.29, 0.717) is 27.0 Å². The Morgan fingerprint density at radius 3 is 2.94 bits per heavy atom. The van der Waals surface area contributed by atoms with Gasteiger partial charge in [-0.1, -0.05) is 11.3 Å². The first kappa shape index (κ1) is 20.3. The summed E-state index contributed by atoms with van der Waals surface area (Å²) in [5, 5.41) is 15.1. The predicted molar refractivity (Wildman–Crippen MR) is 126 cm³/mol. The number of carbonyl (C=O) groups excluding carboxylic acids is 1. The summed E-state index contributed by atoms with van der Waals surface area (Å²) in [6.07, 6.45) is 1.41. The first-order valence-corrected chi connectivity index (χ1v) is 11.2. The zero-order valence-electron chi connectivity index (χ0n) is 22.5. The highest BCUT2D eigenvalue weighted by Crippen LogP contribution is 2.34. The third-order valence-corrected chi connectivity index (χ3v) is 6.29. The van der Waals surface area contributed by atoms with Crippen LogP contribution in [0.2, 0.25) is 0 Å². The van der Waals surface area contributed by atoms with Crippen LogP contribution in [0.3, 0.4) is 0 Å². The van der Waals surface area contributed by atoms with Gasteiger partial charge in [-0.3, -0.25) is 4.79 Å². The number of alkyl halides is 3. The second-order valence-electron chi connectivity index (χ2n) is 8.68. The number of fused-ring (bicyclic) bond motifs is 2. The van der Waals surface area contributed by atoms with Gasteiger partial charge in [-0.2, -0.15) is 4.98 Å². The van der Waals surface area contributed by atoms with Gasteiger partial charge in [0.15, 0.2) is 0 Å². The van der Waals surface area contributed by atoms with Gasteiger partial charge in [0, 0.05) is 29.3 Å². The van der Waals surface area contributed by atoms with E-state index in [4.69, 9.17) is 8.85 Å². The van der Waals surface area contributed by atoms with Crippen LogP contribution in [0.15, 0.2) is 30.5 Å². The van der Waals surface area contributed by atoms with E-state index in [1.54, 1.807) is 25.3 Å². The lowest BCUT2D eigenvalue weighted by molar-refractivity contribution is -0.140. The van der Waals surface area contributed by atoms with Crippen molar-refractivity contribution in [3.05, 3.63) is 30.5 Å². The fourth-order valence-electron chi connectivity index (χ4n) is 4.37. The molecule has 5 rings (SSSR count). The van der Waals surface area contributed by atoms with Crippen molar-refractivity contribution in [2.24, 2.45) is 0 Å². The number of halogens is 3. The molecule has 4 aromatic rings. The Morgan fingerprint density at radius 1 is 1.39 bits per heavy atom. The molecule has 1 saturated heterocycles. The SMILES string of the molecule is [2H]C([2H])([2H])C(=O)N1CC[C@@H](Nc2nc(OC)c3c(-c4ccc5nnn([C@H](C)CF)c5c4)ccn3n2)C(F)(F)C1. The van der Waals surface area contributed by atoms with Crippen molar-refractivity contribution in [2.75, 3.05) is 32.2 Å². The molecule has 0 aliphatic carbocycles. The average molecular weight is 506 g/mol. The molecule has 13 heteroatoms. The lowest BCUT2D eigenvalue weighted by Crippen LogP contribution is -2.55. The Labute approximate surface area is 208 Å². The number of ether oxygens (including phenoxy) is 1. The third kappa shape index (κ3) is 4.07. The molecule has 0 spiro atoms. The molecule has 10 nitrogen and oxygen atoms in total. The topological polar surface area (TPSA) is 102 Å². The highest BCUT2D eigenvalue weighted by Gasteiger charge is 2.45. The number of amides is 1. The van der Waals surface area contributed by atoms with Crippen molar-refractivity contribution in [3.8, 4) is 17.0 Å². The monoisotopic (exact) mass is 505 g/mol. The molecule has 0 bridgehead atoms. The zero-order valence-corrected chi connectivity index (χ0v) is 19.5. The van der Waals surface area contributed by atoms with Crippen LogP contribution in [0.5, 0.6) is 5.88 Å². The molecule has 4 heterocycles. The molecule has 1 fully saturated rings. The van der Waals surface area contributed by atoms with E-state index in [2.05, 4.69) is 25.7 Å². The van der Waals surface area contributed by atoms with Gasteiger partial charge in [0.05, 0.1) is 31.3 Å². The second-order valence-corrected chi connectivity index (χ2v) is 8.68. The maximum absolute atomic E-state index is 14.9. The van der Waals surface area contributed by atoms with Crippen molar-refractivity contribution in [1.29, 1.82) is 0 Å². The number of aromatic nitrogens is 6.